The Kier molecular flexibility index (Phi) is 7.07. The fourth-order valence-corrected chi connectivity index (χ4v) is 2.57. The highest BCUT2D eigenvalue weighted by molar-refractivity contribution is 7.89. The van der Waals surface area contributed by atoms with Gasteiger partial charge in [0.25, 0.3) is 0 Å². The summed E-state index contributed by atoms with van der Waals surface area (Å²) in [6.45, 7) is 4.52. The predicted molar refractivity (Wildman–Crippen MR) is 78.6 cm³/mol. The van der Waals surface area contributed by atoms with Crippen LogP contribution in [0.3, 0.4) is 0 Å². The molecular formula is C14H19NO5S. The zero-order chi connectivity index (χ0) is 15.7. The lowest BCUT2D eigenvalue weighted by Gasteiger charge is -2.07. The summed E-state index contributed by atoms with van der Waals surface area (Å²) in [5, 5.41) is 8.65. The van der Waals surface area contributed by atoms with E-state index in [1.807, 2.05) is 0 Å². The van der Waals surface area contributed by atoms with E-state index in [9.17, 15) is 13.2 Å². The van der Waals surface area contributed by atoms with Crippen molar-refractivity contribution in [2.45, 2.75) is 17.7 Å². The number of carbonyl (C=O) groups is 1. The van der Waals surface area contributed by atoms with Gasteiger partial charge in [-0.3, -0.25) is 4.79 Å². The standard InChI is InChI=1S/C14H19NO5S/c1-2-3-9-20-10-8-15-21(18,19)13-6-4-12(5-7-13)11-14(16)17/h2,4-7,15H,1,3,8-11H2,(H,16,17). The molecule has 0 aromatic heterocycles. The third-order valence-corrected chi connectivity index (χ3v) is 4.07. The molecule has 1 aromatic rings. The summed E-state index contributed by atoms with van der Waals surface area (Å²) >= 11 is 0. The van der Waals surface area contributed by atoms with E-state index in [2.05, 4.69) is 11.3 Å². The van der Waals surface area contributed by atoms with Gasteiger partial charge in [0.1, 0.15) is 0 Å². The zero-order valence-electron chi connectivity index (χ0n) is 11.6. The van der Waals surface area contributed by atoms with Crippen molar-refractivity contribution in [3.8, 4) is 0 Å². The van der Waals surface area contributed by atoms with Gasteiger partial charge < -0.3 is 9.84 Å². The number of ether oxygens (including phenoxy) is 1. The third-order valence-electron chi connectivity index (χ3n) is 2.59. The second kappa shape index (κ2) is 8.56. The summed E-state index contributed by atoms with van der Waals surface area (Å²) in [5.41, 5.74) is 0.550. The van der Waals surface area contributed by atoms with E-state index in [0.717, 1.165) is 6.42 Å². The van der Waals surface area contributed by atoms with E-state index >= 15 is 0 Å². The SMILES string of the molecule is C=CCCOCCNS(=O)(=O)c1ccc(CC(=O)O)cc1. The second-order valence-corrected chi connectivity index (χ2v) is 6.07. The van der Waals surface area contributed by atoms with Crippen LogP contribution in [-0.4, -0.2) is 39.3 Å². The van der Waals surface area contributed by atoms with Gasteiger partial charge in [-0.1, -0.05) is 18.2 Å². The average Bonchev–Trinajstić information content (AvgIpc) is 2.42. The highest BCUT2D eigenvalue weighted by atomic mass is 32.2. The van der Waals surface area contributed by atoms with Crippen LogP contribution in [0.2, 0.25) is 0 Å². The fraction of sp³-hybridized carbons (Fsp3) is 0.357. The minimum Gasteiger partial charge on any atom is -0.481 e. The maximum atomic E-state index is 12.0. The number of rotatable bonds is 10. The lowest BCUT2D eigenvalue weighted by atomic mass is 10.2. The Balaban J connectivity index is 2.50. The number of aliphatic carboxylic acids is 1. The molecule has 0 fully saturated rings. The summed E-state index contributed by atoms with van der Waals surface area (Å²) in [5.74, 6) is -0.958. The Morgan fingerprint density at radius 1 is 1.29 bits per heavy atom. The Hall–Kier alpha value is -1.70. The van der Waals surface area contributed by atoms with E-state index in [1.54, 1.807) is 6.08 Å². The zero-order valence-corrected chi connectivity index (χ0v) is 12.4. The molecule has 0 amide bonds. The van der Waals surface area contributed by atoms with Crippen molar-refractivity contribution in [3.63, 3.8) is 0 Å². The first-order chi connectivity index (χ1) is 9.95. The maximum Gasteiger partial charge on any atom is 0.307 e. The lowest BCUT2D eigenvalue weighted by Crippen LogP contribution is -2.27. The normalized spacial score (nSPS) is 11.2. The smallest absolute Gasteiger partial charge is 0.307 e. The summed E-state index contributed by atoms with van der Waals surface area (Å²) in [7, 11) is -3.60. The van der Waals surface area contributed by atoms with Gasteiger partial charge in [-0.2, -0.15) is 0 Å². The maximum absolute atomic E-state index is 12.0. The van der Waals surface area contributed by atoms with Crippen LogP contribution in [0.4, 0.5) is 0 Å². The lowest BCUT2D eigenvalue weighted by molar-refractivity contribution is -0.136. The Bertz CT molecular complexity index is 566. The van der Waals surface area contributed by atoms with Gasteiger partial charge in [0.05, 0.1) is 24.5 Å². The van der Waals surface area contributed by atoms with E-state index in [1.165, 1.54) is 24.3 Å². The molecule has 0 spiro atoms. The number of benzene rings is 1. The van der Waals surface area contributed by atoms with Gasteiger partial charge in [-0.05, 0) is 24.1 Å². The van der Waals surface area contributed by atoms with Crippen molar-refractivity contribution in [1.82, 2.24) is 4.72 Å². The highest BCUT2D eigenvalue weighted by Gasteiger charge is 2.13. The largest absolute Gasteiger partial charge is 0.481 e. The van der Waals surface area contributed by atoms with Crippen LogP contribution in [0, 0.1) is 0 Å². The fourth-order valence-electron chi connectivity index (χ4n) is 1.56. The first kappa shape index (κ1) is 17.4. The molecule has 7 heteroatoms. The molecule has 21 heavy (non-hydrogen) atoms. The first-order valence-electron chi connectivity index (χ1n) is 6.45. The van der Waals surface area contributed by atoms with Crippen molar-refractivity contribution in [3.05, 3.63) is 42.5 Å². The second-order valence-electron chi connectivity index (χ2n) is 4.30. The average molecular weight is 313 g/mol. The van der Waals surface area contributed by atoms with Crippen molar-refractivity contribution < 1.29 is 23.1 Å². The van der Waals surface area contributed by atoms with Crippen molar-refractivity contribution in [2.24, 2.45) is 0 Å². The van der Waals surface area contributed by atoms with Gasteiger partial charge in [0.15, 0.2) is 0 Å². The number of hydrogen-bond donors (Lipinski definition) is 2. The summed E-state index contributed by atoms with van der Waals surface area (Å²) in [4.78, 5) is 10.6. The van der Waals surface area contributed by atoms with Gasteiger partial charge in [0, 0.05) is 6.54 Å². The topological polar surface area (TPSA) is 92.7 Å². The minimum atomic E-state index is -3.60. The Morgan fingerprint density at radius 2 is 1.95 bits per heavy atom. The molecule has 0 aliphatic heterocycles. The molecule has 1 aromatic carbocycles. The summed E-state index contributed by atoms with van der Waals surface area (Å²) in [6, 6.07) is 5.75. The Morgan fingerprint density at radius 3 is 2.52 bits per heavy atom. The van der Waals surface area contributed by atoms with Crippen molar-refractivity contribution in [1.29, 1.82) is 0 Å². The van der Waals surface area contributed by atoms with Crippen LogP contribution in [-0.2, 0) is 26.0 Å². The van der Waals surface area contributed by atoms with Gasteiger partial charge in [0.2, 0.25) is 10.0 Å². The van der Waals surface area contributed by atoms with Crippen LogP contribution in [0.15, 0.2) is 41.8 Å². The summed E-state index contributed by atoms with van der Waals surface area (Å²) < 4.78 is 31.5. The molecule has 116 valence electrons. The van der Waals surface area contributed by atoms with Crippen LogP contribution in [0.5, 0.6) is 0 Å². The molecule has 0 saturated carbocycles. The van der Waals surface area contributed by atoms with Gasteiger partial charge in [-0.15, -0.1) is 6.58 Å². The third kappa shape index (κ3) is 6.52. The van der Waals surface area contributed by atoms with E-state index < -0.39 is 16.0 Å². The molecule has 6 nitrogen and oxygen atoms in total. The van der Waals surface area contributed by atoms with Crippen LogP contribution in [0.1, 0.15) is 12.0 Å². The quantitative estimate of drug-likeness (QED) is 0.500. The molecule has 0 radical (unpaired) electrons. The van der Waals surface area contributed by atoms with E-state index in [0.29, 0.717) is 12.2 Å². The summed E-state index contributed by atoms with van der Waals surface area (Å²) in [6.07, 6.45) is 2.31. The van der Waals surface area contributed by atoms with Crippen LogP contribution >= 0.6 is 0 Å². The molecule has 0 bridgehead atoms. The predicted octanol–water partition coefficient (Wildman–Crippen LogP) is 1.18. The van der Waals surface area contributed by atoms with Crippen molar-refractivity contribution in [2.75, 3.05) is 19.8 Å². The molecule has 0 aliphatic carbocycles. The molecule has 0 unspecified atom stereocenters. The van der Waals surface area contributed by atoms with Crippen LogP contribution < -0.4 is 4.72 Å². The van der Waals surface area contributed by atoms with Gasteiger partial charge in [-0.25, -0.2) is 13.1 Å². The number of sulfonamides is 1. The van der Waals surface area contributed by atoms with Crippen LogP contribution in [0.25, 0.3) is 0 Å². The Labute approximate surface area is 124 Å². The number of hydrogen-bond acceptors (Lipinski definition) is 4. The number of nitrogens with one attached hydrogen (secondary N) is 1. The van der Waals surface area contributed by atoms with E-state index in [4.69, 9.17) is 9.84 Å². The van der Waals surface area contributed by atoms with Crippen molar-refractivity contribution >= 4 is 16.0 Å². The van der Waals surface area contributed by atoms with E-state index in [-0.39, 0.29) is 24.5 Å². The van der Waals surface area contributed by atoms with Gasteiger partial charge >= 0.3 is 5.97 Å². The molecule has 0 atom stereocenters. The molecule has 0 heterocycles. The number of carboxylic acid groups (broad SMARTS) is 1. The minimum absolute atomic E-state index is 0.0998. The molecule has 2 N–H and O–H groups in total. The monoisotopic (exact) mass is 313 g/mol. The highest BCUT2D eigenvalue weighted by Crippen LogP contribution is 2.10. The molecule has 0 saturated heterocycles. The number of carboxylic acids is 1. The molecule has 1 rings (SSSR count). The molecular weight excluding hydrogens is 294 g/mol. The molecule has 0 aliphatic rings. The first-order valence-corrected chi connectivity index (χ1v) is 7.93.